The molecule has 19 nitrogen and oxygen atoms in total. The van der Waals surface area contributed by atoms with Gasteiger partial charge in [0.1, 0.15) is 23.0 Å². The van der Waals surface area contributed by atoms with Gasteiger partial charge in [0.05, 0.1) is 25.6 Å². The predicted molar refractivity (Wildman–Crippen MR) is 311 cm³/mol. The molecule has 6 aromatic carbocycles. The second-order valence-corrected chi connectivity index (χ2v) is 24.4. The smallest absolute Gasteiger partial charge is 0.508 e. The number of ether oxygens (including phenoxy) is 2. The summed E-state index contributed by atoms with van der Waals surface area (Å²) < 4.78 is 259. The quantitative estimate of drug-likeness (QED) is 0.0125. The zero-order chi connectivity index (χ0) is 73.5. The van der Waals surface area contributed by atoms with Gasteiger partial charge in [0, 0.05) is 46.8 Å². The van der Waals surface area contributed by atoms with Crippen molar-refractivity contribution in [3.8, 4) is 56.6 Å². The van der Waals surface area contributed by atoms with Gasteiger partial charge in [0.15, 0.2) is 0 Å². The molecule has 0 saturated carbocycles. The summed E-state index contributed by atoms with van der Waals surface area (Å²) in [6.45, 7) is 12.0. The Kier molecular flexibility index (Phi) is 28.9. The summed E-state index contributed by atoms with van der Waals surface area (Å²) >= 11 is 0. The van der Waals surface area contributed by atoms with Crippen molar-refractivity contribution in [2.24, 2.45) is 0 Å². The standard InChI is InChI=1S/C28H23F7N2O6S.C25H24N2O4.C3F8O2S.CH2F.CH2O3.2K/c1-25(2,3)21-14-18(37-10-9-22(38)36-24(37)39)13-20(23(21)42-4)17-6-5-16-12-19(8-7-15(16)11-17)43-44(40,41)28(34,35)26(29,30)27(31,32)33;1-25(2,3)21-14-18(27-10-9-22(29)26-24(27)30)13-20(23(21)31-4)17-6-5-16-12-19(28)8-7-15(16)11-17;4-1(5,2(6,7)8)3(9,10)14(11,12)13;1-2;2-1-4-3;;/h5-14H,1-4H3,(H,36,38,39);5-14,28H,1-4H3,(H,26,29,30);;1H2;1,3H;;/q;;;-1;;2*+1/i/hD. The third-order valence-corrected chi connectivity index (χ3v) is 15.1. The van der Waals surface area contributed by atoms with Gasteiger partial charge in [0.2, 0.25) is 0 Å². The minimum absolute atomic E-state index is 0. The average molecular weight is 1490 g/mol. The summed E-state index contributed by atoms with van der Waals surface area (Å²) in [6.07, 6.45) is -11.0. The number of benzene rings is 6. The molecule has 0 bridgehead atoms. The minimum atomic E-state index is -7.35. The minimum Gasteiger partial charge on any atom is -0.508 e. The van der Waals surface area contributed by atoms with E-state index >= 15 is 0 Å². The number of aromatic nitrogens is 4. The number of aromatic amines is 2. The van der Waals surface area contributed by atoms with E-state index in [4.69, 9.17) is 15.7 Å². The molecule has 97 heavy (non-hydrogen) atoms. The van der Waals surface area contributed by atoms with Gasteiger partial charge in [-0.1, -0.05) is 81.8 Å². The number of nitrogens with zero attached hydrogens (tertiary/aromatic N) is 2. The number of phenolic OH excluding ortho intramolecular Hbond substituents is 1. The number of alkyl halides is 14. The molecule has 0 unspecified atom stereocenters. The van der Waals surface area contributed by atoms with Gasteiger partial charge in [-0.15, -0.1) is 0 Å². The monoisotopic (exact) mass is 1490 g/mol. The first-order chi connectivity index (χ1) is 43.9. The fraction of sp³-hybridized carbons (Fsp3) is 0.276. The number of nitrogens with one attached hydrogen (secondary N) is 2. The van der Waals surface area contributed by atoms with Crippen molar-refractivity contribution in [2.45, 2.75) is 87.1 Å². The number of phenols is 1. The van der Waals surface area contributed by atoms with Crippen molar-refractivity contribution in [3.63, 3.8) is 0 Å². The molecule has 0 aliphatic rings. The molecule has 0 saturated heterocycles. The van der Waals surface area contributed by atoms with Gasteiger partial charge in [-0.25, -0.2) is 14.8 Å². The molecule has 518 valence electrons. The SMILES string of the molecule is COc1c(-c2ccc3cc(O)ccc3c2)cc(-n2ccc(=O)[nH]c2=O)cc1C(C)(C)C.COc1c(-c2ccc3cc(OS(=O)(=O)C(F)(F)C(F)(F)C(F)(F)F)ccc3c2)cc(-n2ccc(=O)[nH]c2=O)cc1C(C)(C)C.O=S(=O)(F)C(F)(F)C(F)(F)C(F)(F)F.[2H]OOC=O.[CH2-]F.[K+].[K+]. The fourth-order valence-electron chi connectivity index (χ4n) is 8.39. The number of hydrogen-bond donors (Lipinski definition) is 4. The Morgan fingerprint density at radius 2 is 0.887 bits per heavy atom. The summed E-state index contributed by atoms with van der Waals surface area (Å²) in [5.41, 5.74) is 2.33. The predicted octanol–water partition coefficient (Wildman–Crippen LogP) is 6.97. The topological polar surface area (TPSA) is 272 Å². The van der Waals surface area contributed by atoms with E-state index in [0.29, 0.717) is 39.2 Å². The van der Waals surface area contributed by atoms with Crippen LogP contribution in [-0.2, 0) is 40.9 Å². The molecule has 0 fully saturated rings. The molecule has 0 spiro atoms. The number of rotatable bonds is 14. The van der Waals surface area contributed by atoms with Gasteiger partial charge in [0.25, 0.3) is 12.5 Å². The van der Waals surface area contributed by atoms with E-state index in [1.165, 1.54) is 52.9 Å². The molecular weight excluding hydrogens is 1440 g/mol. The van der Waals surface area contributed by atoms with Gasteiger partial charge in [-0.2, -0.15) is 85.5 Å². The number of H-pyrrole nitrogens is 2. The van der Waals surface area contributed by atoms with Crippen molar-refractivity contribution in [1.29, 1.82) is 1.43 Å². The van der Waals surface area contributed by atoms with E-state index in [1.54, 1.807) is 44.6 Å². The largest absolute Gasteiger partial charge is 1.00 e. The van der Waals surface area contributed by atoms with Crippen LogP contribution in [-0.4, -0.2) is 102 Å². The number of carbonyl (C=O) groups is 1. The second kappa shape index (κ2) is 32.9. The third kappa shape index (κ3) is 19.7. The van der Waals surface area contributed by atoms with Crippen LogP contribution in [0, 0.1) is 7.18 Å². The van der Waals surface area contributed by atoms with E-state index in [0.717, 1.165) is 51.4 Å². The third-order valence-electron chi connectivity index (χ3n) is 12.9. The van der Waals surface area contributed by atoms with Crippen LogP contribution in [0.3, 0.4) is 0 Å². The number of fused-ring (bicyclic) bond motifs is 2. The molecule has 0 radical (unpaired) electrons. The van der Waals surface area contributed by atoms with Crippen molar-refractivity contribution in [3.05, 3.63) is 182 Å². The maximum atomic E-state index is 13.9. The fourth-order valence-corrected chi connectivity index (χ4v) is 9.71. The number of halogens is 16. The maximum absolute atomic E-state index is 13.9. The summed E-state index contributed by atoms with van der Waals surface area (Å²) in [6, 6.07) is 28.1. The summed E-state index contributed by atoms with van der Waals surface area (Å²) in [4.78, 5) is 64.9. The molecule has 2 heterocycles. The number of carbonyl (C=O) groups excluding carboxylic acids is 1. The normalized spacial score (nSPS) is 12.4. The van der Waals surface area contributed by atoms with Crippen LogP contribution in [0.5, 0.6) is 23.0 Å². The van der Waals surface area contributed by atoms with Gasteiger partial charge in [-0.05, 0) is 104 Å². The van der Waals surface area contributed by atoms with E-state index < -0.39 is 88.7 Å². The van der Waals surface area contributed by atoms with Crippen molar-refractivity contribution < 1.29 is 223 Å². The van der Waals surface area contributed by atoms with Crippen LogP contribution in [0.25, 0.3) is 56.6 Å². The number of methoxy groups -OCH3 is 2. The van der Waals surface area contributed by atoms with E-state index in [9.17, 15) is 111 Å². The Hall–Kier alpha value is -6.12. The Bertz CT molecular complexity index is 4640. The summed E-state index contributed by atoms with van der Waals surface area (Å²) in [7, 11) is -9.33. The molecule has 0 atom stereocenters. The molecule has 0 amide bonds. The molecule has 8 aromatic rings. The van der Waals surface area contributed by atoms with Crippen LogP contribution in [0.1, 0.15) is 52.7 Å². The van der Waals surface area contributed by atoms with Crippen molar-refractivity contribution >= 4 is 48.4 Å². The zero-order valence-corrected chi connectivity index (χ0v) is 59.6. The average Bonchev–Trinajstić information content (AvgIpc) is 0.755. The van der Waals surface area contributed by atoms with Crippen LogP contribution in [0.2, 0.25) is 0 Å². The molecule has 0 aliphatic heterocycles. The van der Waals surface area contributed by atoms with Gasteiger partial charge in [-0.3, -0.25) is 33.5 Å². The van der Waals surface area contributed by atoms with Crippen LogP contribution in [0.15, 0.2) is 141 Å². The van der Waals surface area contributed by atoms with E-state index in [2.05, 4.69) is 45.1 Å². The molecular formula is C58H51F16K2N4O15S2+. The Labute approximate surface area is 624 Å². The first-order valence-corrected chi connectivity index (χ1v) is 28.6. The number of hydrogen-bond acceptors (Lipinski definition) is 15. The zero-order valence-electron chi connectivity index (χ0n) is 52.8. The van der Waals surface area contributed by atoms with E-state index in [-0.39, 0.29) is 126 Å². The van der Waals surface area contributed by atoms with Crippen molar-refractivity contribution in [1.82, 2.24) is 19.1 Å². The number of aromatic hydroxyl groups is 1. The Morgan fingerprint density at radius 3 is 1.21 bits per heavy atom. The second-order valence-electron chi connectivity index (χ2n) is 21.4. The Balaban J connectivity index is 0.000000523. The molecule has 0 aliphatic carbocycles. The maximum Gasteiger partial charge on any atom is 1.00 e. The van der Waals surface area contributed by atoms with Crippen LogP contribution < -0.4 is 139 Å². The molecule has 8 rings (SSSR count). The summed E-state index contributed by atoms with van der Waals surface area (Å²) in [5.74, 6) is -13.5. The molecule has 4 N–H and O–H groups in total. The molecule has 2 aromatic heterocycles. The summed E-state index contributed by atoms with van der Waals surface area (Å²) in [5, 5.41) is 1.76. The Morgan fingerprint density at radius 1 is 0.526 bits per heavy atom. The van der Waals surface area contributed by atoms with Gasteiger partial charge >= 0.3 is 176 Å². The first kappa shape index (κ1) is 85.1. The van der Waals surface area contributed by atoms with Crippen molar-refractivity contribution in [2.75, 3.05) is 14.2 Å². The van der Waals surface area contributed by atoms with Crippen LogP contribution in [0.4, 0.5) is 69.7 Å². The van der Waals surface area contributed by atoms with Gasteiger partial charge < -0.3 is 28.0 Å². The van der Waals surface area contributed by atoms with Crippen LogP contribution >= 0.6 is 0 Å². The van der Waals surface area contributed by atoms with E-state index in [1.807, 2.05) is 57.2 Å². The first-order valence-electron chi connectivity index (χ1n) is 26.2. The molecule has 39 heteroatoms.